The molecule has 2 N–H and O–H groups in total. The van der Waals surface area contributed by atoms with E-state index in [1.807, 2.05) is 24.3 Å². The Kier molecular flexibility index (Phi) is 4.37. The Bertz CT molecular complexity index is 556. The number of amides is 1. The van der Waals surface area contributed by atoms with Gasteiger partial charge in [0.15, 0.2) is 0 Å². The summed E-state index contributed by atoms with van der Waals surface area (Å²) in [5.74, 6) is 0.634. The second-order valence-electron chi connectivity index (χ2n) is 6.91. The zero-order chi connectivity index (χ0) is 15.6. The fraction of sp³-hybridized carbons (Fsp3) is 0.556. The summed E-state index contributed by atoms with van der Waals surface area (Å²) < 4.78 is 0. The van der Waals surface area contributed by atoms with Crippen LogP contribution in [0.2, 0.25) is 0 Å². The van der Waals surface area contributed by atoms with Crippen molar-refractivity contribution in [1.29, 1.82) is 5.26 Å². The van der Waals surface area contributed by atoms with Crippen LogP contribution in [0.3, 0.4) is 0 Å². The van der Waals surface area contributed by atoms with Crippen LogP contribution in [0.5, 0.6) is 0 Å². The van der Waals surface area contributed by atoms with Crippen molar-refractivity contribution < 1.29 is 4.79 Å². The average molecular weight is 284 g/mol. The Labute approximate surface area is 127 Å². The molecular weight excluding hydrogens is 260 g/mol. The fourth-order valence-corrected chi connectivity index (χ4v) is 3.74. The largest absolute Gasteiger partial charge is 0.369 e. The molecule has 0 bridgehead atoms. The van der Waals surface area contributed by atoms with E-state index in [1.54, 1.807) is 0 Å². The summed E-state index contributed by atoms with van der Waals surface area (Å²) in [7, 11) is 0. The molecule has 1 fully saturated rings. The van der Waals surface area contributed by atoms with Gasteiger partial charge in [-0.05, 0) is 54.2 Å². The minimum absolute atomic E-state index is 0.0287. The molecule has 1 aromatic carbocycles. The number of nitrogens with two attached hydrogens (primary N) is 1. The minimum Gasteiger partial charge on any atom is -0.369 e. The topological polar surface area (TPSA) is 66.9 Å². The summed E-state index contributed by atoms with van der Waals surface area (Å²) in [5.41, 5.74) is 7.50. The van der Waals surface area contributed by atoms with E-state index < -0.39 is 0 Å². The van der Waals surface area contributed by atoms with Crippen molar-refractivity contribution in [2.75, 3.05) is 0 Å². The van der Waals surface area contributed by atoms with E-state index in [9.17, 15) is 4.79 Å². The first-order chi connectivity index (χ1) is 9.87. The first-order valence-corrected chi connectivity index (χ1v) is 7.67. The van der Waals surface area contributed by atoms with Crippen LogP contribution in [-0.4, -0.2) is 5.91 Å². The Balaban J connectivity index is 2.27. The maximum Gasteiger partial charge on any atom is 0.220 e. The number of rotatable bonds is 3. The van der Waals surface area contributed by atoms with Crippen molar-refractivity contribution in [2.24, 2.45) is 23.5 Å². The molecule has 112 valence electrons. The van der Waals surface area contributed by atoms with Crippen molar-refractivity contribution >= 4 is 5.91 Å². The quantitative estimate of drug-likeness (QED) is 0.924. The summed E-state index contributed by atoms with van der Waals surface area (Å²) in [4.78, 5) is 11.9. The molecule has 0 aliphatic heterocycles. The molecule has 0 radical (unpaired) electrons. The highest BCUT2D eigenvalue weighted by Gasteiger charge is 2.42. The third-order valence-electron chi connectivity index (χ3n) is 5.15. The molecule has 0 spiro atoms. The fourth-order valence-electron chi connectivity index (χ4n) is 3.74. The minimum atomic E-state index is -0.173. The number of benzene rings is 1. The number of nitrogens with zero attached hydrogens (tertiary/aromatic N) is 1. The average Bonchev–Trinajstić information content (AvgIpc) is 2.47. The highest BCUT2D eigenvalue weighted by molar-refractivity contribution is 5.77. The van der Waals surface area contributed by atoms with Crippen molar-refractivity contribution in [3.8, 4) is 6.07 Å². The molecule has 1 saturated carbocycles. The van der Waals surface area contributed by atoms with E-state index in [1.165, 1.54) is 5.56 Å². The Morgan fingerprint density at radius 1 is 1.38 bits per heavy atom. The maximum atomic E-state index is 11.9. The Hall–Kier alpha value is -1.82. The van der Waals surface area contributed by atoms with Crippen LogP contribution in [0, 0.1) is 29.1 Å². The highest BCUT2D eigenvalue weighted by atomic mass is 16.1. The van der Waals surface area contributed by atoms with Crippen LogP contribution in [0.15, 0.2) is 24.3 Å². The van der Waals surface area contributed by atoms with Gasteiger partial charge in [-0.1, -0.05) is 32.9 Å². The summed E-state index contributed by atoms with van der Waals surface area (Å²) >= 11 is 0. The zero-order valence-electron chi connectivity index (χ0n) is 13.1. The summed E-state index contributed by atoms with van der Waals surface area (Å²) in [6.07, 6.45) is 2.89. The van der Waals surface area contributed by atoms with E-state index in [4.69, 9.17) is 11.0 Å². The molecule has 0 heterocycles. The lowest BCUT2D eigenvalue weighted by Crippen LogP contribution is -2.42. The molecule has 2 rings (SSSR count). The molecule has 3 unspecified atom stereocenters. The van der Waals surface area contributed by atoms with Crippen LogP contribution < -0.4 is 5.73 Å². The van der Waals surface area contributed by atoms with Crippen LogP contribution in [0.25, 0.3) is 0 Å². The number of carbonyl (C=O) groups is 1. The van der Waals surface area contributed by atoms with Gasteiger partial charge in [0.05, 0.1) is 11.6 Å². The monoisotopic (exact) mass is 284 g/mol. The molecule has 3 heteroatoms. The lowest BCUT2D eigenvalue weighted by atomic mass is 9.61. The second-order valence-corrected chi connectivity index (χ2v) is 6.91. The van der Waals surface area contributed by atoms with E-state index in [0.717, 1.165) is 19.3 Å². The van der Waals surface area contributed by atoms with Gasteiger partial charge < -0.3 is 5.73 Å². The first kappa shape index (κ1) is 15.6. The second kappa shape index (κ2) is 5.89. The van der Waals surface area contributed by atoms with Crippen LogP contribution in [0.1, 0.15) is 51.2 Å². The summed E-state index contributed by atoms with van der Waals surface area (Å²) in [6.45, 7) is 6.55. The normalized spacial score (nSPS) is 29.1. The zero-order valence-corrected chi connectivity index (χ0v) is 13.1. The smallest absolute Gasteiger partial charge is 0.220 e. The Morgan fingerprint density at radius 3 is 2.48 bits per heavy atom. The van der Waals surface area contributed by atoms with Gasteiger partial charge in [0.25, 0.3) is 0 Å². The predicted octanol–water partition coefficient (Wildman–Crippen LogP) is 3.37. The molecule has 3 nitrogen and oxygen atoms in total. The summed E-state index contributed by atoms with van der Waals surface area (Å²) in [6, 6.07) is 9.90. The molecule has 1 aromatic rings. The van der Waals surface area contributed by atoms with E-state index >= 15 is 0 Å². The van der Waals surface area contributed by atoms with Gasteiger partial charge in [-0.25, -0.2) is 0 Å². The number of primary amides is 1. The van der Waals surface area contributed by atoms with Crippen molar-refractivity contribution in [3.05, 3.63) is 35.4 Å². The molecular formula is C18H24N2O. The van der Waals surface area contributed by atoms with Gasteiger partial charge in [-0.15, -0.1) is 0 Å². The molecule has 0 saturated heterocycles. The SMILES string of the molecule is CC(C)C1CCC(C)(c2ccc(C#N)cc2)CC1C(N)=O. The third kappa shape index (κ3) is 3.10. The molecule has 3 atom stereocenters. The van der Waals surface area contributed by atoms with E-state index in [-0.39, 0.29) is 17.2 Å². The number of hydrogen-bond acceptors (Lipinski definition) is 2. The van der Waals surface area contributed by atoms with Crippen molar-refractivity contribution in [1.82, 2.24) is 0 Å². The van der Waals surface area contributed by atoms with Gasteiger partial charge in [0, 0.05) is 5.92 Å². The van der Waals surface area contributed by atoms with E-state index in [0.29, 0.717) is 17.4 Å². The summed E-state index contributed by atoms with van der Waals surface area (Å²) in [5, 5.41) is 8.90. The van der Waals surface area contributed by atoms with Gasteiger partial charge >= 0.3 is 0 Å². The lowest BCUT2D eigenvalue weighted by molar-refractivity contribution is -0.126. The van der Waals surface area contributed by atoms with Gasteiger partial charge in [0.1, 0.15) is 0 Å². The van der Waals surface area contributed by atoms with Crippen LogP contribution in [-0.2, 0) is 10.2 Å². The van der Waals surface area contributed by atoms with Gasteiger partial charge in [-0.2, -0.15) is 5.26 Å². The number of nitriles is 1. The van der Waals surface area contributed by atoms with Crippen LogP contribution >= 0.6 is 0 Å². The molecule has 21 heavy (non-hydrogen) atoms. The van der Waals surface area contributed by atoms with Gasteiger partial charge in [-0.3, -0.25) is 4.79 Å². The molecule has 1 aliphatic rings. The highest BCUT2D eigenvalue weighted by Crippen LogP contribution is 2.46. The number of hydrogen-bond donors (Lipinski definition) is 1. The molecule has 0 aromatic heterocycles. The maximum absolute atomic E-state index is 11.9. The number of carbonyl (C=O) groups excluding carboxylic acids is 1. The molecule has 1 amide bonds. The molecule has 1 aliphatic carbocycles. The van der Waals surface area contributed by atoms with E-state index in [2.05, 4.69) is 26.8 Å². The van der Waals surface area contributed by atoms with Crippen LogP contribution in [0.4, 0.5) is 0 Å². The first-order valence-electron chi connectivity index (χ1n) is 7.67. The lowest BCUT2D eigenvalue weighted by Gasteiger charge is -2.43. The third-order valence-corrected chi connectivity index (χ3v) is 5.15. The van der Waals surface area contributed by atoms with Gasteiger partial charge in [0.2, 0.25) is 5.91 Å². The Morgan fingerprint density at radius 2 is 2.00 bits per heavy atom. The van der Waals surface area contributed by atoms with Crippen molar-refractivity contribution in [3.63, 3.8) is 0 Å². The van der Waals surface area contributed by atoms with Crippen molar-refractivity contribution in [2.45, 2.75) is 45.4 Å². The standard InChI is InChI=1S/C18H24N2O/c1-12(2)15-8-9-18(3,10-16(15)17(20)21)14-6-4-13(11-19)5-7-14/h4-7,12,15-16H,8-10H2,1-3H3,(H2,20,21). The predicted molar refractivity (Wildman–Crippen MR) is 83.4 cm³/mol.